The molecule has 0 amide bonds. The number of carboxylic acid groups (broad SMARTS) is 1. The van der Waals surface area contributed by atoms with Crippen LogP contribution in [0.15, 0.2) is 95.9 Å². The lowest BCUT2D eigenvalue weighted by atomic mass is 9.99. The summed E-state index contributed by atoms with van der Waals surface area (Å²) in [5.74, 6) is -0.185. The highest BCUT2D eigenvalue weighted by molar-refractivity contribution is 7.91. The number of aromatic carboxylic acids is 1. The Kier molecular flexibility index (Phi) is 8.21. The van der Waals surface area contributed by atoms with Gasteiger partial charge in [-0.15, -0.1) is 0 Å². The number of unbranched alkanes of at least 4 members (excludes halogenated alkanes) is 1. The summed E-state index contributed by atoms with van der Waals surface area (Å²) in [5, 5.41) is 12.7. The maximum atomic E-state index is 12.9. The second-order valence-electron chi connectivity index (χ2n) is 10.2. The number of sulfone groups is 1. The minimum Gasteiger partial charge on any atom is -0.478 e. The molecule has 210 valence electrons. The second kappa shape index (κ2) is 12.0. The Morgan fingerprint density at radius 3 is 2.39 bits per heavy atom. The highest BCUT2D eigenvalue weighted by Gasteiger charge is 2.16. The molecule has 2 N–H and O–H groups in total. The average Bonchev–Trinajstić information content (AvgIpc) is 3.31. The maximum Gasteiger partial charge on any atom is 0.336 e. The molecule has 0 fully saturated rings. The molecule has 5 aromatic rings. The zero-order valence-corrected chi connectivity index (χ0v) is 24.0. The van der Waals surface area contributed by atoms with Gasteiger partial charge < -0.3 is 15.0 Å². The van der Waals surface area contributed by atoms with Crippen molar-refractivity contribution >= 4 is 32.5 Å². The van der Waals surface area contributed by atoms with Crippen LogP contribution in [-0.2, 0) is 22.8 Å². The number of hydrogen-bond donors (Lipinski definition) is 2. The van der Waals surface area contributed by atoms with Crippen molar-refractivity contribution < 1.29 is 18.3 Å². The quantitative estimate of drug-likeness (QED) is 0.179. The minimum absolute atomic E-state index is 0.211. The summed E-state index contributed by atoms with van der Waals surface area (Å²) in [6, 6.07) is 27.5. The van der Waals surface area contributed by atoms with Gasteiger partial charge in [-0.1, -0.05) is 73.5 Å². The predicted molar refractivity (Wildman–Crippen MR) is 163 cm³/mol. The third-order valence-electron chi connectivity index (χ3n) is 7.19. The fraction of sp³-hybridized carbons (Fsp3) is 0.212. The van der Waals surface area contributed by atoms with Gasteiger partial charge in [0.05, 0.1) is 21.5 Å². The van der Waals surface area contributed by atoms with Crippen LogP contribution in [0, 0.1) is 6.92 Å². The van der Waals surface area contributed by atoms with Crippen LogP contribution in [0.1, 0.15) is 47.1 Å². The molecule has 1 aromatic heterocycles. The highest BCUT2D eigenvalue weighted by atomic mass is 32.2. The van der Waals surface area contributed by atoms with E-state index in [4.69, 9.17) is 4.98 Å². The molecule has 41 heavy (non-hydrogen) atoms. The van der Waals surface area contributed by atoms with Gasteiger partial charge in [0.2, 0.25) is 0 Å². The molecular formula is C33H33N3O4S. The molecule has 0 saturated carbocycles. The Labute approximate surface area is 240 Å². The SMILES string of the molecule is CCCCc1nc2ccc(NCS(=O)(=O)c3ccc(C)cc3)cc2n1Cc1ccc(-c2ccccc2C(=O)O)cc1. The average molecular weight is 568 g/mol. The van der Waals surface area contributed by atoms with Gasteiger partial charge in [-0.05, 0) is 66.4 Å². The van der Waals surface area contributed by atoms with E-state index in [9.17, 15) is 18.3 Å². The molecule has 5 rings (SSSR count). The largest absolute Gasteiger partial charge is 0.478 e. The molecule has 1 heterocycles. The van der Waals surface area contributed by atoms with E-state index in [-0.39, 0.29) is 16.3 Å². The van der Waals surface area contributed by atoms with Crippen molar-refractivity contribution in [2.24, 2.45) is 0 Å². The van der Waals surface area contributed by atoms with Crippen LogP contribution in [-0.4, -0.2) is 34.9 Å². The van der Waals surface area contributed by atoms with Gasteiger partial charge in [0, 0.05) is 18.7 Å². The Morgan fingerprint density at radius 1 is 0.951 bits per heavy atom. The number of nitrogens with one attached hydrogen (secondary N) is 1. The van der Waals surface area contributed by atoms with Gasteiger partial charge in [-0.2, -0.15) is 0 Å². The van der Waals surface area contributed by atoms with Crippen molar-refractivity contribution in [2.45, 2.75) is 44.6 Å². The molecule has 0 radical (unpaired) electrons. The number of hydrogen-bond acceptors (Lipinski definition) is 5. The van der Waals surface area contributed by atoms with Gasteiger partial charge in [-0.3, -0.25) is 0 Å². The van der Waals surface area contributed by atoms with Crippen LogP contribution >= 0.6 is 0 Å². The fourth-order valence-electron chi connectivity index (χ4n) is 4.89. The third kappa shape index (κ3) is 6.33. The van der Waals surface area contributed by atoms with Crippen molar-refractivity contribution in [3.8, 4) is 11.1 Å². The van der Waals surface area contributed by atoms with E-state index in [1.807, 2.05) is 61.5 Å². The summed E-state index contributed by atoms with van der Waals surface area (Å²) >= 11 is 0. The molecule has 0 aliphatic heterocycles. The van der Waals surface area contributed by atoms with E-state index in [1.165, 1.54) is 0 Å². The second-order valence-corrected chi connectivity index (χ2v) is 12.2. The minimum atomic E-state index is -3.50. The van der Waals surface area contributed by atoms with E-state index in [2.05, 4.69) is 16.8 Å². The zero-order valence-electron chi connectivity index (χ0n) is 23.2. The lowest BCUT2D eigenvalue weighted by Crippen LogP contribution is -2.14. The van der Waals surface area contributed by atoms with E-state index < -0.39 is 15.8 Å². The summed E-state index contributed by atoms with van der Waals surface area (Å²) in [6.07, 6.45) is 2.89. The van der Waals surface area contributed by atoms with Gasteiger partial charge in [-0.25, -0.2) is 18.2 Å². The van der Waals surface area contributed by atoms with E-state index in [0.717, 1.165) is 52.8 Å². The molecule has 0 bridgehead atoms. The molecule has 7 nitrogen and oxygen atoms in total. The number of aromatic nitrogens is 2. The zero-order chi connectivity index (χ0) is 29.0. The number of aryl methyl sites for hydroxylation is 2. The van der Waals surface area contributed by atoms with Crippen LogP contribution in [0.3, 0.4) is 0 Å². The first-order valence-corrected chi connectivity index (χ1v) is 15.3. The molecule has 0 spiro atoms. The third-order valence-corrected chi connectivity index (χ3v) is 8.71. The first-order chi connectivity index (χ1) is 19.7. The van der Waals surface area contributed by atoms with Crippen LogP contribution in [0.2, 0.25) is 0 Å². The fourth-order valence-corrected chi connectivity index (χ4v) is 5.96. The summed E-state index contributed by atoms with van der Waals surface area (Å²) < 4.78 is 28.0. The van der Waals surface area contributed by atoms with Crippen LogP contribution < -0.4 is 5.32 Å². The van der Waals surface area contributed by atoms with Crippen LogP contribution in [0.25, 0.3) is 22.2 Å². The number of imidazole rings is 1. The Morgan fingerprint density at radius 2 is 1.68 bits per heavy atom. The van der Waals surface area contributed by atoms with Gasteiger partial charge in [0.15, 0.2) is 9.84 Å². The molecule has 4 aromatic carbocycles. The predicted octanol–water partition coefficient (Wildman–Crippen LogP) is 6.94. The normalized spacial score (nSPS) is 11.6. The number of carbonyl (C=O) groups is 1. The van der Waals surface area contributed by atoms with Crippen molar-refractivity contribution in [3.63, 3.8) is 0 Å². The summed E-state index contributed by atoms with van der Waals surface area (Å²) in [4.78, 5) is 16.9. The molecular weight excluding hydrogens is 534 g/mol. The first-order valence-electron chi connectivity index (χ1n) is 13.7. The summed E-state index contributed by atoms with van der Waals surface area (Å²) in [6.45, 7) is 4.66. The Balaban J connectivity index is 1.42. The number of rotatable bonds is 11. The first kappa shape index (κ1) is 28.1. The number of nitrogens with zero attached hydrogens (tertiary/aromatic N) is 2. The number of carboxylic acids is 1. The molecule has 0 atom stereocenters. The number of fused-ring (bicyclic) bond motifs is 1. The van der Waals surface area contributed by atoms with Crippen molar-refractivity contribution in [3.05, 3.63) is 114 Å². The Bertz CT molecular complexity index is 1790. The lowest BCUT2D eigenvalue weighted by Gasteiger charge is -2.12. The molecule has 8 heteroatoms. The molecule has 0 aliphatic rings. The van der Waals surface area contributed by atoms with E-state index >= 15 is 0 Å². The highest BCUT2D eigenvalue weighted by Crippen LogP contribution is 2.27. The van der Waals surface area contributed by atoms with Crippen molar-refractivity contribution in [2.75, 3.05) is 11.2 Å². The number of anilines is 1. The Hall–Kier alpha value is -4.43. The van der Waals surface area contributed by atoms with E-state index in [0.29, 0.717) is 17.8 Å². The van der Waals surface area contributed by atoms with Crippen LogP contribution in [0.4, 0.5) is 5.69 Å². The molecule has 0 saturated heterocycles. The lowest BCUT2D eigenvalue weighted by molar-refractivity contribution is 0.0697. The van der Waals surface area contributed by atoms with Gasteiger partial charge >= 0.3 is 5.97 Å². The smallest absolute Gasteiger partial charge is 0.336 e. The van der Waals surface area contributed by atoms with Crippen LogP contribution in [0.5, 0.6) is 0 Å². The molecule has 0 aliphatic carbocycles. The van der Waals surface area contributed by atoms with Crippen molar-refractivity contribution in [1.29, 1.82) is 0 Å². The van der Waals surface area contributed by atoms with E-state index in [1.54, 1.807) is 36.4 Å². The van der Waals surface area contributed by atoms with Gasteiger partial charge in [0.1, 0.15) is 11.7 Å². The summed E-state index contributed by atoms with van der Waals surface area (Å²) in [7, 11) is -3.50. The van der Waals surface area contributed by atoms with Gasteiger partial charge in [0.25, 0.3) is 0 Å². The van der Waals surface area contributed by atoms with Crippen molar-refractivity contribution in [1.82, 2.24) is 9.55 Å². The standard InChI is InChI=1S/C33H33N3O4S/c1-3-4-9-32-35-30-19-16-26(34-22-41(39,40)27-17-10-23(2)11-18-27)20-31(30)36(32)21-24-12-14-25(15-13-24)28-7-5-6-8-29(28)33(37)38/h5-8,10-20,34H,3-4,9,21-22H2,1-2H3,(H,37,38). The number of benzene rings is 4. The monoisotopic (exact) mass is 567 g/mol. The maximum absolute atomic E-state index is 12.9. The topological polar surface area (TPSA) is 101 Å². The molecule has 0 unspecified atom stereocenters. The summed E-state index contributed by atoms with van der Waals surface area (Å²) in [5.41, 5.74) is 6.34.